The first-order chi connectivity index (χ1) is 10.2. The number of nitrogens with zero attached hydrogens (tertiary/aromatic N) is 1. The molecule has 0 fully saturated rings. The second-order valence-electron chi connectivity index (χ2n) is 5.62. The maximum absolute atomic E-state index is 12.8. The third-order valence-electron chi connectivity index (χ3n) is 4.14. The molecule has 0 saturated heterocycles. The minimum atomic E-state index is -0.110. The third-order valence-corrected chi connectivity index (χ3v) is 4.14. The van der Waals surface area contributed by atoms with E-state index in [1.165, 1.54) is 11.1 Å². The molecule has 1 heterocycles. The van der Waals surface area contributed by atoms with Gasteiger partial charge in [0.05, 0.1) is 5.92 Å². The zero-order valence-electron chi connectivity index (χ0n) is 12.5. The van der Waals surface area contributed by atoms with E-state index in [4.69, 9.17) is 0 Å². The number of carbonyl (C=O) groups excluding carboxylic acids is 1. The van der Waals surface area contributed by atoms with Crippen molar-refractivity contribution in [3.63, 3.8) is 0 Å². The molecular formula is C18H20N2O. The first-order valence-electron chi connectivity index (χ1n) is 7.29. The Kier molecular flexibility index (Phi) is 3.76. The quantitative estimate of drug-likeness (QED) is 0.917. The van der Waals surface area contributed by atoms with Crippen molar-refractivity contribution in [2.45, 2.75) is 19.4 Å². The van der Waals surface area contributed by atoms with Crippen LogP contribution in [-0.4, -0.2) is 19.5 Å². The molecule has 3 rings (SSSR count). The molecule has 1 aliphatic heterocycles. The van der Waals surface area contributed by atoms with Gasteiger partial charge in [-0.15, -0.1) is 0 Å². The van der Waals surface area contributed by atoms with Crippen LogP contribution in [0.15, 0.2) is 48.5 Å². The van der Waals surface area contributed by atoms with E-state index in [1.54, 1.807) is 4.90 Å². The summed E-state index contributed by atoms with van der Waals surface area (Å²) in [7, 11) is 1.85. The average Bonchev–Trinajstić information content (AvgIpc) is 2.53. The molecule has 0 saturated carbocycles. The highest BCUT2D eigenvalue weighted by atomic mass is 16.2. The largest absolute Gasteiger partial charge is 0.315 e. The van der Waals surface area contributed by atoms with Gasteiger partial charge in [0.15, 0.2) is 0 Å². The van der Waals surface area contributed by atoms with Crippen molar-refractivity contribution >= 4 is 11.6 Å². The van der Waals surface area contributed by atoms with Gasteiger partial charge in [-0.2, -0.15) is 0 Å². The topological polar surface area (TPSA) is 32.3 Å². The van der Waals surface area contributed by atoms with Crippen LogP contribution in [0.1, 0.15) is 22.6 Å². The summed E-state index contributed by atoms with van der Waals surface area (Å²) in [6, 6.07) is 16.3. The number of hydrogen-bond donors (Lipinski definition) is 1. The number of hydrogen-bond acceptors (Lipinski definition) is 2. The van der Waals surface area contributed by atoms with Gasteiger partial charge in [0, 0.05) is 25.8 Å². The molecule has 1 atom stereocenters. The van der Waals surface area contributed by atoms with E-state index in [-0.39, 0.29) is 11.8 Å². The summed E-state index contributed by atoms with van der Waals surface area (Å²) < 4.78 is 0. The molecule has 1 N–H and O–H groups in total. The Bertz CT molecular complexity index is 649. The summed E-state index contributed by atoms with van der Waals surface area (Å²) in [6.07, 6.45) is 0. The molecule has 1 unspecified atom stereocenters. The molecule has 0 bridgehead atoms. The van der Waals surface area contributed by atoms with Crippen molar-refractivity contribution in [1.82, 2.24) is 5.32 Å². The Hall–Kier alpha value is -2.13. The fraction of sp³-hybridized carbons (Fsp3) is 0.278. The number of carbonyl (C=O) groups is 1. The summed E-state index contributed by atoms with van der Waals surface area (Å²) in [5.41, 5.74) is 4.51. The van der Waals surface area contributed by atoms with Crippen LogP contribution < -0.4 is 10.2 Å². The van der Waals surface area contributed by atoms with Gasteiger partial charge in [0.1, 0.15) is 0 Å². The lowest BCUT2D eigenvalue weighted by Gasteiger charge is -2.29. The lowest BCUT2D eigenvalue weighted by molar-refractivity contribution is -0.119. The number of anilines is 1. The fourth-order valence-corrected chi connectivity index (χ4v) is 2.85. The predicted octanol–water partition coefficient (Wildman–Crippen LogP) is 2.84. The zero-order chi connectivity index (χ0) is 14.8. The highest BCUT2D eigenvalue weighted by molar-refractivity contribution is 5.98. The van der Waals surface area contributed by atoms with Crippen molar-refractivity contribution in [3.05, 3.63) is 65.2 Å². The Labute approximate surface area is 125 Å². The summed E-state index contributed by atoms with van der Waals surface area (Å²) in [6.45, 7) is 3.59. The van der Waals surface area contributed by atoms with E-state index >= 15 is 0 Å². The highest BCUT2D eigenvalue weighted by Gasteiger charge is 2.28. The van der Waals surface area contributed by atoms with E-state index in [0.29, 0.717) is 6.54 Å². The summed E-state index contributed by atoms with van der Waals surface area (Å²) in [4.78, 5) is 14.6. The Balaban J connectivity index is 1.87. The van der Waals surface area contributed by atoms with Crippen LogP contribution in [0.25, 0.3) is 0 Å². The second-order valence-corrected chi connectivity index (χ2v) is 5.62. The number of aryl methyl sites for hydroxylation is 1. The molecule has 108 valence electrons. The van der Waals surface area contributed by atoms with Crippen molar-refractivity contribution in [2.75, 3.05) is 18.5 Å². The SMILES string of the molecule is Cc1ccc(N(C)C(=O)C2CNCc3ccccc32)cc1. The smallest absolute Gasteiger partial charge is 0.235 e. The number of amides is 1. The molecule has 2 aromatic rings. The van der Waals surface area contributed by atoms with Crippen LogP contribution in [0.3, 0.4) is 0 Å². The maximum atomic E-state index is 12.8. The normalized spacial score (nSPS) is 17.1. The number of nitrogens with one attached hydrogen (secondary N) is 1. The van der Waals surface area contributed by atoms with Gasteiger partial charge in [-0.05, 0) is 30.2 Å². The Morgan fingerprint density at radius 3 is 2.62 bits per heavy atom. The van der Waals surface area contributed by atoms with E-state index in [9.17, 15) is 4.79 Å². The van der Waals surface area contributed by atoms with Gasteiger partial charge in [-0.1, -0.05) is 42.0 Å². The second kappa shape index (κ2) is 5.70. The van der Waals surface area contributed by atoms with Crippen molar-refractivity contribution in [2.24, 2.45) is 0 Å². The van der Waals surface area contributed by atoms with E-state index < -0.39 is 0 Å². The van der Waals surface area contributed by atoms with E-state index in [2.05, 4.69) is 17.4 Å². The van der Waals surface area contributed by atoms with Crippen LogP contribution in [0, 0.1) is 6.92 Å². The van der Waals surface area contributed by atoms with E-state index in [0.717, 1.165) is 17.8 Å². The van der Waals surface area contributed by atoms with Crippen LogP contribution in [0.2, 0.25) is 0 Å². The van der Waals surface area contributed by atoms with Crippen molar-refractivity contribution in [1.29, 1.82) is 0 Å². The molecule has 3 heteroatoms. The molecule has 21 heavy (non-hydrogen) atoms. The molecule has 0 radical (unpaired) electrons. The van der Waals surface area contributed by atoms with Crippen LogP contribution in [0.5, 0.6) is 0 Å². The minimum absolute atomic E-state index is 0.110. The van der Waals surface area contributed by atoms with Gasteiger partial charge in [0.2, 0.25) is 5.91 Å². The van der Waals surface area contributed by atoms with Crippen LogP contribution in [-0.2, 0) is 11.3 Å². The van der Waals surface area contributed by atoms with Gasteiger partial charge >= 0.3 is 0 Å². The molecule has 0 spiro atoms. The lowest BCUT2D eigenvalue weighted by Crippen LogP contribution is -2.39. The van der Waals surface area contributed by atoms with Gasteiger partial charge in [0.25, 0.3) is 0 Å². The maximum Gasteiger partial charge on any atom is 0.235 e. The predicted molar refractivity (Wildman–Crippen MR) is 85.5 cm³/mol. The Morgan fingerprint density at radius 2 is 1.86 bits per heavy atom. The number of fused-ring (bicyclic) bond motifs is 1. The number of benzene rings is 2. The summed E-state index contributed by atoms with van der Waals surface area (Å²) in [5, 5.41) is 3.34. The molecule has 1 aliphatic rings. The first kappa shape index (κ1) is 13.8. The Morgan fingerprint density at radius 1 is 1.14 bits per heavy atom. The zero-order valence-corrected chi connectivity index (χ0v) is 12.5. The number of likely N-dealkylation sites (N-methyl/N-ethyl adjacent to an activating group) is 1. The number of rotatable bonds is 2. The van der Waals surface area contributed by atoms with Gasteiger partial charge in [-0.3, -0.25) is 4.79 Å². The molecule has 1 amide bonds. The molecule has 0 aromatic heterocycles. The summed E-state index contributed by atoms with van der Waals surface area (Å²) >= 11 is 0. The van der Waals surface area contributed by atoms with Gasteiger partial charge < -0.3 is 10.2 Å². The first-order valence-corrected chi connectivity index (χ1v) is 7.29. The minimum Gasteiger partial charge on any atom is -0.315 e. The molecular weight excluding hydrogens is 260 g/mol. The average molecular weight is 280 g/mol. The molecule has 3 nitrogen and oxygen atoms in total. The van der Waals surface area contributed by atoms with E-state index in [1.807, 2.05) is 50.4 Å². The fourth-order valence-electron chi connectivity index (χ4n) is 2.85. The van der Waals surface area contributed by atoms with Gasteiger partial charge in [-0.25, -0.2) is 0 Å². The summed E-state index contributed by atoms with van der Waals surface area (Å²) in [5.74, 6) is 0.0276. The van der Waals surface area contributed by atoms with Crippen molar-refractivity contribution in [3.8, 4) is 0 Å². The molecule has 0 aliphatic carbocycles. The standard InChI is InChI=1S/C18H20N2O/c1-13-7-9-15(10-8-13)20(2)18(21)17-12-19-11-14-5-3-4-6-16(14)17/h3-10,17,19H,11-12H2,1-2H3. The monoisotopic (exact) mass is 280 g/mol. The van der Waals surface area contributed by atoms with Crippen LogP contribution >= 0.6 is 0 Å². The molecule has 2 aromatic carbocycles. The van der Waals surface area contributed by atoms with Crippen LogP contribution in [0.4, 0.5) is 5.69 Å². The van der Waals surface area contributed by atoms with Crippen molar-refractivity contribution < 1.29 is 4.79 Å². The third kappa shape index (κ3) is 2.69. The lowest BCUT2D eigenvalue weighted by atomic mass is 9.90. The highest BCUT2D eigenvalue weighted by Crippen LogP contribution is 2.27.